The lowest BCUT2D eigenvalue weighted by atomic mass is 9.97. The molecule has 0 amide bonds. The summed E-state index contributed by atoms with van der Waals surface area (Å²) in [7, 11) is -3.54. The molecule has 0 bridgehead atoms. The van der Waals surface area contributed by atoms with Gasteiger partial charge >= 0.3 is 7.60 Å². The summed E-state index contributed by atoms with van der Waals surface area (Å²) in [5, 5.41) is 0.302. The van der Waals surface area contributed by atoms with E-state index in [1.807, 2.05) is 0 Å². The smallest absolute Gasteiger partial charge is 0.364 e. The van der Waals surface area contributed by atoms with Gasteiger partial charge < -0.3 is 13.8 Å². The maximum Gasteiger partial charge on any atom is 0.364 e. The van der Waals surface area contributed by atoms with Crippen LogP contribution in [0.1, 0.15) is 78.6 Å². The third-order valence-electron chi connectivity index (χ3n) is 5.20. The first kappa shape index (κ1) is 21.8. The number of fused-ring (bicyclic) bond motifs is 1. The van der Waals surface area contributed by atoms with Crippen LogP contribution in [-0.2, 0) is 23.1 Å². The SMILES string of the molecule is CCCCCCCCCC1OCC2CC(=O)C(P(=O)(OCC)OCC)=C21. The standard InChI is InChI=1S/C20H35O5P/c1-4-7-8-9-10-11-12-13-18-19-16(15-23-18)14-17(21)20(19)26(22,24-5-2)25-6-3/h16,18H,4-15H2,1-3H3. The molecule has 0 aromatic carbocycles. The monoisotopic (exact) mass is 386 g/mol. The number of ether oxygens (including phenoxy) is 1. The lowest BCUT2D eigenvalue weighted by Crippen LogP contribution is -2.12. The van der Waals surface area contributed by atoms with E-state index in [0.29, 0.717) is 18.3 Å². The molecule has 0 radical (unpaired) electrons. The Balaban J connectivity index is 2.01. The lowest BCUT2D eigenvalue weighted by molar-refractivity contribution is -0.115. The molecule has 1 fully saturated rings. The van der Waals surface area contributed by atoms with E-state index in [2.05, 4.69) is 6.92 Å². The predicted molar refractivity (Wildman–Crippen MR) is 103 cm³/mol. The summed E-state index contributed by atoms with van der Waals surface area (Å²) in [6.07, 6.45) is 9.84. The van der Waals surface area contributed by atoms with Crippen molar-refractivity contribution in [3.05, 3.63) is 10.9 Å². The molecule has 26 heavy (non-hydrogen) atoms. The molecule has 0 aromatic rings. The Morgan fingerprint density at radius 3 is 2.23 bits per heavy atom. The molecule has 2 atom stereocenters. The van der Waals surface area contributed by atoms with Gasteiger partial charge in [0, 0.05) is 12.3 Å². The Morgan fingerprint density at radius 2 is 1.62 bits per heavy atom. The molecule has 1 heterocycles. The van der Waals surface area contributed by atoms with Crippen LogP contribution in [0.15, 0.2) is 10.9 Å². The predicted octanol–water partition coefficient (Wildman–Crippen LogP) is 5.64. The molecule has 5 nitrogen and oxygen atoms in total. The molecule has 6 heteroatoms. The number of hydrogen-bond donors (Lipinski definition) is 0. The molecule has 0 N–H and O–H groups in total. The summed E-state index contributed by atoms with van der Waals surface area (Å²) in [5.74, 6) is -0.0237. The molecule has 0 saturated carbocycles. The van der Waals surface area contributed by atoms with E-state index in [4.69, 9.17) is 13.8 Å². The summed E-state index contributed by atoms with van der Waals surface area (Å²) >= 11 is 0. The first-order valence-electron chi connectivity index (χ1n) is 10.4. The normalized spacial score (nSPS) is 23.1. The minimum absolute atomic E-state index is 0.0568. The van der Waals surface area contributed by atoms with Crippen LogP contribution in [0.25, 0.3) is 0 Å². The van der Waals surface area contributed by atoms with Gasteiger partial charge in [-0.05, 0) is 25.8 Å². The Morgan fingerprint density at radius 1 is 1.00 bits per heavy atom. The van der Waals surface area contributed by atoms with E-state index in [0.717, 1.165) is 18.4 Å². The first-order chi connectivity index (χ1) is 12.6. The molecule has 1 aliphatic carbocycles. The fourth-order valence-corrected chi connectivity index (χ4v) is 6.07. The average Bonchev–Trinajstić information content (AvgIpc) is 3.12. The van der Waals surface area contributed by atoms with Crippen molar-refractivity contribution >= 4 is 13.4 Å². The number of ketones is 1. The zero-order valence-corrected chi connectivity index (χ0v) is 17.5. The highest BCUT2D eigenvalue weighted by atomic mass is 31.2. The first-order valence-corrected chi connectivity index (χ1v) is 11.9. The fraction of sp³-hybridized carbons (Fsp3) is 0.850. The average molecular weight is 386 g/mol. The number of unbranched alkanes of at least 4 members (excludes halogenated alkanes) is 6. The minimum atomic E-state index is -3.54. The Bertz CT molecular complexity index is 532. The van der Waals surface area contributed by atoms with Gasteiger partial charge in [0.15, 0.2) is 5.78 Å². The third kappa shape index (κ3) is 5.28. The van der Waals surface area contributed by atoms with Gasteiger partial charge in [-0.15, -0.1) is 0 Å². The molecule has 2 unspecified atom stereocenters. The van der Waals surface area contributed by atoms with Gasteiger partial charge in [-0.25, -0.2) is 0 Å². The highest BCUT2D eigenvalue weighted by Gasteiger charge is 2.49. The molecule has 1 saturated heterocycles. The van der Waals surface area contributed by atoms with Gasteiger partial charge in [0.1, 0.15) is 5.31 Å². The van der Waals surface area contributed by atoms with Crippen LogP contribution >= 0.6 is 7.60 Å². The number of allylic oxidation sites excluding steroid dienone is 1. The molecule has 0 spiro atoms. The zero-order valence-electron chi connectivity index (χ0n) is 16.6. The van der Waals surface area contributed by atoms with E-state index < -0.39 is 7.60 Å². The minimum Gasteiger partial charge on any atom is -0.373 e. The van der Waals surface area contributed by atoms with Gasteiger partial charge in [0.05, 0.1) is 25.9 Å². The second kappa shape index (κ2) is 10.8. The highest BCUT2D eigenvalue weighted by molar-refractivity contribution is 7.60. The van der Waals surface area contributed by atoms with Crippen molar-refractivity contribution in [2.24, 2.45) is 5.92 Å². The third-order valence-corrected chi connectivity index (χ3v) is 7.45. The van der Waals surface area contributed by atoms with Crippen LogP contribution in [0.5, 0.6) is 0 Å². The summed E-state index contributed by atoms with van der Waals surface area (Å²) < 4.78 is 30.1. The van der Waals surface area contributed by atoms with E-state index >= 15 is 0 Å². The van der Waals surface area contributed by atoms with Gasteiger partial charge in [0.25, 0.3) is 0 Å². The molecular formula is C20H35O5P. The van der Waals surface area contributed by atoms with Gasteiger partial charge in [-0.2, -0.15) is 0 Å². The van der Waals surface area contributed by atoms with Crippen molar-refractivity contribution in [2.45, 2.75) is 84.7 Å². The molecular weight excluding hydrogens is 351 g/mol. The summed E-state index contributed by atoms with van der Waals surface area (Å²) in [6.45, 7) is 6.84. The van der Waals surface area contributed by atoms with Crippen LogP contribution < -0.4 is 0 Å². The molecule has 150 valence electrons. The molecule has 2 rings (SSSR count). The van der Waals surface area contributed by atoms with Crippen molar-refractivity contribution in [3.63, 3.8) is 0 Å². The fourth-order valence-electron chi connectivity index (χ4n) is 4.01. The summed E-state index contributed by atoms with van der Waals surface area (Å²) in [5.41, 5.74) is 0.909. The number of carbonyl (C=O) groups excluding carboxylic acids is 1. The van der Waals surface area contributed by atoms with Gasteiger partial charge in [-0.1, -0.05) is 51.9 Å². The number of carbonyl (C=O) groups is 1. The van der Waals surface area contributed by atoms with Crippen LogP contribution in [0, 0.1) is 5.92 Å². The second-order valence-corrected chi connectivity index (χ2v) is 9.15. The molecule has 0 aromatic heterocycles. The Kier molecular flexibility index (Phi) is 9.02. The van der Waals surface area contributed by atoms with Crippen molar-refractivity contribution in [2.75, 3.05) is 19.8 Å². The lowest BCUT2D eigenvalue weighted by Gasteiger charge is -2.20. The van der Waals surface area contributed by atoms with Crippen LogP contribution in [-0.4, -0.2) is 31.7 Å². The largest absolute Gasteiger partial charge is 0.373 e. The van der Waals surface area contributed by atoms with Crippen LogP contribution in [0.4, 0.5) is 0 Å². The van der Waals surface area contributed by atoms with Crippen LogP contribution in [0.2, 0.25) is 0 Å². The van der Waals surface area contributed by atoms with E-state index in [1.54, 1.807) is 13.8 Å². The summed E-state index contributed by atoms with van der Waals surface area (Å²) in [6, 6.07) is 0. The second-order valence-electron chi connectivity index (χ2n) is 7.19. The maximum atomic E-state index is 13.2. The van der Waals surface area contributed by atoms with E-state index in [-0.39, 0.29) is 31.0 Å². The molecule has 1 aliphatic heterocycles. The summed E-state index contributed by atoms with van der Waals surface area (Å²) in [4.78, 5) is 12.6. The number of Topliss-reactive ketones (excluding diaryl/α,β-unsaturated/α-hetero) is 1. The van der Waals surface area contributed by atoms with Gasteiger partial charge in [0.2, 0.25) is 0 Å². The molecule has 2 aliphatic rings. The van der Waals surface area contributed by atoms with Crippen molar-refractivity contribution in [3.8, 4) is 0 Å². The van der Waals surface area contributed by atoms with Crippen molar-refractivity contribution in [1.29, 1.82) is 0 Å². The van der Waals surface area contributed by atoms with Gasteiger partial charge in [-0.3, -0.25) is 9.36 Å². The van der Waals surface area contributed by atoms with E-state index in [1.165, 1.54) is 38.5 Å². The zero-order chi connectivity index (χ0) is 19.0. The number of hydrogen-bond acceptors (Lipinski definition) is 5. The highest BCUT2D eigenvalue weighted by Crippen LogP contribution is 2.62. The van der Waals surface area contributed by atoms with Crippen molar-refractivity contribution in [1.82, 2.24) is 0 Å². The maximum absolute atomic E-state index is 13.2. The van der Waals surface area contributed by atoms with Crippen molar-refractivity contribution < 1.29 is 23.1 Å². The number of rotatable bonds is 13. The Hall–Kier alpha value is -0.480. The van der Waals surface area contributed by atoms with Crippen LogP contribution in [0.3, 0.4) is 0 Å². The van der Waals surface area contributed by atoms with E-state index in [9.17, 15) is 9.36 Å². The topological polar surface area (TPSA) is 61.8 Å². The Labute approximate surface area is 158 Å². The quantitative estimate of drug-likeness (QED) is 0.303.